The van der Waals surface area contributed by atoms with Crippen molar-refractivity contribution < 1.29 is 14.3 Å². The van der Waals surface area contributed by atoms with Crippen LogP contribution in [0.5, 0.6) is 0 Å². The van der Waals surface area contributed by atoms with Crippen LogP contribution < -0.4 is 10.2 Å². The summed E-state index contributed by atoms with van der Waals surface area (Å²) in [6.07, 6.45) is 2.33. The Hall–Kier alpha value is -2.31. The topological polar surface area (TPSA) is 74.8 Å². The van der Waals surface area contributed by atoms with Crippen LogP contribution in [-0.2, 0) is 9.53 Å². The molecule has 132 valence electrons. The molecule has 1 atom stereocenters. The molecule has 1 aromatic rings. The van der Waals surface area contributed by atoms with Gasteiger partial charge in [0.2, 0.25) is 0 Å². The fraction of sp³-hybridized carbons (Fsp3) is 0.588. The third-order valence-corrected chi connectivity index (χ3v) is 4.03. The van der Waals surface area contributed by atoms with Gasteiger partial charge in [0.1, 0.15) is 11.9 Å². The van der Waals surface area contributed by atoms with Crippen molar-refractivity contribution in [1.82, 2.24) is 15.2 Å². The molecular weight excluding hydrogens is 308 g/mol. The summed E-state index contributed by atoms with van der Waals surface area (Å²) in [5.41, 5.74) is 0. The number of amides is 2. The minimum absolute atomic E-state index is 0.216. The summed E-state index contributed by atoms with van der Waals surface area (Å²) in [5.74, 6) is 0.810. The molecule has 1 saturated heterocycles. The van der Waals surface area contributed by atoms with Gasteiger partial charge in [0.05, 0.1) is 7.11 Å². The lowest BCUT2D eigenvalue weighted by Gasteiger charge is -2.36. The molecule has 7 heteroatoms. The SMILES string of the molecule is COC(=O)C(CC(C)C)NC(=O)N1CCN(c2ccccn2)CC1. The fourth-order valence-corrected chi connectivity index (χ4v) is 2.75. The molecule has 0 aromatic carbocycles. The molecule has 1 N–H and O–H groups in total. The van der Waals surface area contributed by atoms with Crippen molar-refractivity contribution in [3.05, 3.63) is 24.4 Å². The first-order valence-corrected chi connectivity index (χ1v) is 8.30. The predicted octanol–water partition coefficient (Wildman–Crippen LogP) is 1.50. The van der Waals surface area contributed by atoms with Crippen molar-refractivity contribution in [3.8, 4) is 0 Å². The number of nitrogens with one attached hydrogen (secondary N) is 1. The lowest BCUT2D eigenvalue weighted by Crippen LogP contribution is -2.55. The second-order valence-corrected chi connectivity index (χ2v) is 6.32. The second-order valence-electron chi connectivity index (χ2n) is 6.32. The molecule has 0 spiro atoms. The number of anilines is 1. The van der Waals surface area contributed by atoms with Gasteiger partial charge in [-0.1, -0.05) is 19.9 Å². The Kier molecular flexibility index (Phi) is 6.40. The monoisotopic (exact) mass is 334 g/mol. The Morgan fingerprint density at radius 1 is 1.25 bits per heavy atom. The summed E-state index contributed by atoms with van der Waals surface area (Å²) < 4.78 is 4.79. The van der Waals surface area contributed by atoms with Gasteiger partial charge in [-0.05, 0) is 24.5 Å². The van der Waals surface area contributed by atoms with E-state index in [-0.39, 0.29) is 11.9 Å². The third-order valence-electron chi connectivity index (χ3n) is 4.03. The van der Waals surface area contributed by atoms with Gasteiger partial charge in [-0.15, -0.1) is 0 Å². The molecule has 2 rings (SSSR count). The number of methoxy groups -OCH3 is 1. The highest BCUT2D eigenvalue weighted by atomic mass is 16.5. The van der Waals surface area contributed by atoms with E-state index < -0.39 is 12.0 Å². The summed E-state index contributed by atoms with van der Waals surface area (Å²) in [4.78, 5) is 32.5. The molecule has 7 nitrogen and oxygen atoms in total. The van der Waals surface area contributed by atoms with Gasteiger partial charge in [0.25, 0.3) is 0 Å². The zero-order valence-corrected chi connectivity index (χ0v) is 14.6. The number of aromatic nitrogens is 1. The van der Waals surface area contributed by atoms with Crippen molar-refractivity contribution in [2.45, 2.75) is 26.3 Å². The van der Waals surface area contributed by atoms with E-state index in [1.54, 1.807) is 11.1 Å². The Morgan fingerprint density at radius 2 is 1.96 bits per heavy atom. The van der Waals surface area contributed by atoms with Crippen molar-refractivity contribution in [1.29, 1.82) is 0 Å². The zero-order valence-electron chi connectivity index (χ0n) is 14.6. The van der Waals surface area contributed by atoms with Crippen molar-refractivity contribution >= 4 is 17.8 Å². The van der Waals surface area contributed by atoms with E-state index in [0.717, 1.165) is 18.9 Å². The smallest absolute Gasteiger partial charge is 0.328 e. The number of nitrogens with zero attached hydrogens (tertiary/aromatic N) is 3. The average molecular weight is 334 g/mol. The van der Waals surface area contributed by atoms with E-state index in [0.29, 0.717) is 19.5 Å². The second kappa shape index (κ2) is 8.52. The lowest BCUT2D eigenvalue weighted by molar-refractivity contribution is -0.143. The summed E-state index contributed by atoms with van der Waals surface area (Å²) >= 11 is 0. The third kappa shape index (κ3) is 4.84. The van der Waals surface area contributed by atoms with E-state index >= 15 is 0 Å². The molecule has 0 aliphatic carbocycles. The Balaban J connectivity index is 1.88. The predicted molar refractivity (Wildman–Crippen MR) is 91.8 cm³/mol. The van der Waals surface area contributed by atoms with Crippen LogP contribution >= 0.6 is 0 Å². The number of urea groups is 1. The number of piperazine rings is 1. The quantitative estimate of drug-likeness (QED) is 0.826. The normalized spacial score (nSPS) is 16.0. The van der Waals surface area contributed by atoms with Gasteiger partial charge in [-0.3, -0.25) is 0 Å². The number of ether oxygens (including phenoxy) is 1. The molecule has 2 heterocycles. The molecule has 24 heavy (non-hydrogen) atoms. The number of pyridine rings is 1. The maximum atomic E-state index is 12.4. The highest BCUT2D eigenvalue weighted by Crippen LogP contribution is 2.13. The van der Waals surface area contributed by atoms with Crippen LogP contribution in [0.25, 0.3) is 0 Å². The minimum atomic E-state index is -0.601. The summed E-state index contributed by atoms with van der Waals surface area (Å²) in [6, 6.07) is 4.98. The van der Waals surface area contributed by atoms with Crippen LogP contribution in [0.4, 0.5) is 10.6 Å². The molecule has 1 aromatic heterocycles. The molecule has 1 unspecified atom stereocenters. The van der Waals surface area contributed by atoms with Crippen molar-refractivity contribution in [2.24, 2.45) is 5.92 Å². The van der Waals surface area contributed by atoms with Crippen molar-refractivity contribution in [3.63, 3.8) is 0 Å². The van der Waals surface area contributed by atoms with E-state index in [2.05, 4.69) is 15.2 Å². The number of hydrogen-bond acceptors (Lipinski definition) is 5. The number of carbonyl (C=O) groups is 2. The molecule has 1 aliphatic heterocycles. The zero-order chi connectivity index (χ0) is 17.5. The minimum Gasteiger partial charge on any atom is -0.467 e. The molecule has 0 bridgehead atoms. The van der Waals surface area contributed by atoms with Crippen LogP contribution in [0, 0.1) is 5.92 Å². The van der Waals surface area contributed by atoms with Crippen LogP contribution in [0.3, 0.4) is 0 Å². The van der Waals surface area contributed by atoms with Gasteiger partial charge in [0, 0.05) is 32.4 Å². The Labute approximate surface area is 143 Å². The summed E-state index contributed by atoms with van der Waals surface area (Å²) in [7, 11) is 1.34. The van der Waals surface area contributed by atoms with Gasteiger partial charge >= 0.3 is 12.0 Å². The molecule has 0 saturated carbocycles. The highest BCUT2D eigenvalue weighted by Gasteiger charge is 2.27. The van der Waals surface area contributed by atoms with E-state index in [1.807, 2.05) is 32.0 Å². The number of hydrogen-bond donors (Lipinski definition) is 1. The maximum Gasteiger partial charge on any atom is 0.328 e. The standard InChI is InChI=1S/C17H26N4O3/c1-13(2)12-14(16(22)24-3)19-17(23)21-10-8-20(9-11-21)15-6-4-5-7-18-15/h4-7,13-14H,8-12H2,1-3H3,(H,19,23). The van der Waals surface area contributed by atoms with Gasteiger partial charge in [-0.25, -0.2) is 14.6 Å². The largest absolute Gasteiger partial charge is 0.467 e. The first kappa shape index (κ1) is 18.0. The van der Waals surface area contributed by atoms with Gasteiger partial charge in [0.15, 0.2) is 0 Å². The van der Waals surface area contributed by atoms with Gasteiger partial charge in [-0.2, -0.15) is 0 Å². The van der Waals surface area contributed by atoms with Crippen LogP contribution in [0.1, 0.15) is 20.3 Å². The molecular formula is C17H26N4O3. The van der Waals surface area contributed by atoms with Crippen LogP contribution in [0.15, 0.2) is 24.4 Å². The Morgan fingerprint density at radius 3 is 2.50 bits per heavy atom. The fourth-order valence-electron chi connectivity index (χ4n) is 2.75. The lowest BCUT2D eigenvalue weighted by atomic mass is 10.0. The van der Waals surface area contributed by atoms with E-state index in [1.165, 1.54) is 7.11 Å². The summed E-state index contributed by atoms with van der Waals surface area (Å²) in [5, 5.41) is 2.80. The first-order chi connectivity index (χ1) is 11.5. The molecule has 2 amide bonds. The number of carbonyl (C=O) groups excluding carboxylic acids is 2. The molecule has 1 aliphatic rings. The van der Waals surface area contributed by atoms with Crippen LogP contribution in [-0.4, -0.2) is 61.2 Å². The highest BCUT2D eigenvalue weighted by molar-refractivity contribution is 5.83. The average Bonchev–Trinajstić information content (AvgIpc) is 2.61. The number of rotatable bonds is 5. The van der Waals surface area contributed by atoms with Gasteiger partial charge < -0.3 is 19.9 Å². The first-order valence-electron chi connectivity index (χ1n) is 8.30. The molecule has 1 fully saturated rings. The molecule has 0 radical (unpaired) electrons. The van der Waals surface area contributed by atoms with E-state index in [9.17, 15) is 9.59 Å². The maximum absolute atomic E-state index is 12.4. The summed E-state index contributed by atoms with van der Waals surface area (Å²) in [6.45, 7) is 6.65. The van der Waals surface area contributed by atoms with Crippen LogP contribution in [0.2, 0.25) is 0 Å². The Bertz CT molecular complexity index is 542. The number of esters is 1. The van der Waals surface area contributed by atoms with E-state index in [4.69, 9.17) is 4.74 Å². The van der Waals surface area contributed by atoms with Crippen molar-refractivity contribution in [2.75, 3.05) is 38.2 Å².